The van der Waals surface area contributed by atoms with E-state index in [4.69, 9.17) is 15.4 Å². The van der Waals surface area contributed by atoms with Crippen LogP contribution in [0.5, 0.6) is 0 Å². The molecular weight excluding hydrogens is 318 g/mol. The van der Waals surface area contributed by atoms with Gasteiger partial charge in [-0.05, 0) is 25.1 Å². The molecule has 0 spiro atoms. The molecule has 1 unspecified atom stereocenters. The summed E-state index contributed by atoms with van der Waals surface area (Å²) < 4.78 is 4.88. The zero-order valence-electron chi connectivity index (χ0n) is 12.2. The maximum atomic E-state index is 12.0. The molecule has 0 saturated heterocycles. The van der Waals surface area contributed by atoms with Crippen molar-refractivity contribution < 1.29 is 19.1 Å². The third-order valence-electron chi connectivity index (χ3n) is 3.08. The van der Waals surface area contributed by atoms with Crippen LogP contribution in [-0.4, -0.2) is 35.7 Å². The first kappa shape index (κ1) is 16.7. The summed E-state index contributed by atoms with van der Waals surface area (Å²) in [5, 5.41) is 18.8. The number of fused-ring (bicyclic) bond motifs is 1. The van der Waals surface area contributed by atoms with E-state index < -0.39 is 24.3 Å². The second-order valence-electron chi connectivity index (χ2n) is 4.84. The number of nitriles is 1. The Morgan fingerprint density at radius 1 is 1.52 bits per heavy atom. The Labute approximate surface area is 136 Å². The molecule has 23 heavy (non-hydrogen) atoms. The number of ether oxygens (including phenoxy) is 1. The van der Waals surface area contributed by atoms with Gasteiger partial charge in [0.2, 0.25) is 5.91 Å². The van der Waals surface area contributed by atoms with Crippen LogP contribution in [0, 0.1) is 22.7 Å². The maximum absolute atomic E-state index is 12.0. The highest BCUT2D eigenvalue weighted by Gasteiger charge is 2.22. The average Bonchev–Trinajstić information content (AvgIpc) is 2.52. The van der Waals surface area contributed by atoms with Gasteiger partial charge in [-0.3, -0.25) is 9.59 Å². The Balaban J connectivity index is 2.03. The number of esters is 1. The molecule has 2 N–H and O–H groups in total. The van der Waals surface area contributed by atoms with E-state index in [1.165, 1.54) is 24.8 Å². The minimum Gasteiger partial charge on any atom is -0.454 e. The predicted molar refractivity (Wildman–Crippen MR) is 83.6 cm³/mol. The van der Waals surface area contributed by atoms with Crippen LogP contribution in [0.3, 0.4) is 0 Å². The lowest BCUT2D eigenvalue weighted by atomic mass is 10.0. The smallest absolute Gasteiger partial charge is 0.338 e. The molecular formula is C15H13N3O4S. The van der Waals surface area contributed by atoms with Gasteiger partial charge in [0.05, 0.1) is 23.1 Å². The van der Waals surface area contributed by atoms with Crippen molar-refractivity contribution >= 4 is 40.8 Å². The van der Waals surface area contributed by atoms with Crippen molar-refractivity contribution in [2.45, 2.75) is 11.8 Å². The first-order chi connectivity index (χ1) is 10.9. The van der Waals surface area contributed by atoms with Crippen molar-refractivity contribution in [3.63, 3.8) is 0 Å². The Bertz CT molecular complexity index is 739. The molecule has 0 aromatic heterocycles. The molecule has 8 heteroatoms. The molecule has 1 atom stereocenters. The van der Waals surface area contributed by atoms with Crippen molar-refractivity contribution in [3.05, 3.63) is 23.8 Å². The van der Waals surface area contributed by atoms with Crippen LogP contribution in [0.25, 0.3) is 0 Å². The molecule has 1 aromatic carbocycles. The molecule has 0 bridgehead atoms. The molecule has 0 saturated carbocycles. The summed E-state index contributed by atoms with van der Waals surface area (Å²) in [5.74, 6) is -2.41. The van der Waals surface area contributed by atoms with Crippen LogP contribution in [-0.2, 0) is 14.3 Å². The minimum absolute atomic E-state index is 0.0953. The highest BCUT2D eigenvalue weighted by molar-refractivity contribution is 8.00. The number of hydrogen-bond acceptors (Lipinski definition) is 7. The van der Waals surface area contributed by atoms with E-state index in [-0.39, 0.29) is 17.2 Å². The summed E-state index contributed by atoms with van der Waals surface area (Å²) in [6.07, 6.45) is 0. The fraction of sp³-hybridized carbons (Fsp3) is 0.267. The van der Waals surface area contributed by atoms with Crippen molar-refractivity contribution in [3.8, 4) is 6.07 Å². The average molecular weight is 331 g/mol. The minimum atomic E-state index is -1.21. The highest BCUT2D eigenvalue weighted by atomic mass is 32.2. The first-order valence-corrected chi connectivity index (χ1v) is 7.62. The van der Waals surface area contributed by atoms with E-state index >= 15 is 0 Å². The number of hydrogen-bond donors (Lipinski definition) is 2. The lowest BCUT2D eigenvalue weighted by molar-refractivity contribution is -0.122. The fourth-order valence-corrected chi connectivity index (χ4v) is 2.71. The van der Waals surface area contributed by atoms with Crippen LogP contribution in [0.15, 0.2) is 23.1 Å². The highest BCUT2D eigenvalue weighted by Crippen LogP contribution is 2.32. The number of thioether (sulfide) groups is 1. The lowest BCUT2D eigenvalue weighted by Gasteiger charge is -2.16. The SMILES string of the molecule is CC(=N)C(C#N)C(=O)COC(=O)c1ccc2c(c1)NC(=O)CS2. The number of carbonyl (C=O) groups excluding carboxylic acids is 3. The van der Waals surface area contributed by atoms with E-state index in [2.05, 4.69) is 5.32 Å². The third kappa shape index (κ3) is 3.96. The molecule has 0 aliphatic carbocycles. The number of amides is 1. The van der Waals surface area contributed by atoms with Gasteiger partial charge in [-0.2, -0.15) is 5.26 Å². The van der Waals surface area contributed by atoms with Gasteiger partial charge in [0.25, 0.3) is 0 Å². The van der Waals surface area contributed by atoms with Gasteiger partial charge in [0.1, 0.15) is 5.92 Å². The number of rotatable bonds is 5. The molecule has 118 valence electrons. The fourth-order valence-electron chi connectivity index (χ4n) is 1.92. The largest absolute Gasteiger partial charge is 0.454 e. The molecule has 7 nitrogen and oxygen atoms in total. The Hall–Kier alpha value is -2.66. The molecule has 1 aromatic rings. The number of carbonyl (C=O) groups is 3. The van der Waals surface area contributed by atoms with Crippen molar-refractivity contribution in [1.29, 1.82) is 10.7 Å². The van der Waals surface area contributed by atoms with Gasteiger partial charge >= 0.3 is 5.97 Å². The molecule has 2 rings (SSSR count). The van der Waals surface area contributed by atoms with Gasteiger partial charge in [-0.15, -0.1) is 11.8 Å². The standard InChI is InChI=1S/C15H13N3O4S/c1-8(17)10(5-16)12(19)6-22-15(21)9-2-3-13-11(4-9)18-14(20)7-23-13/h2-4,10,17H,6-7H2,1H3,(H,18,20). The van der Waals surface area contributed by atoms with E-state index in [1.54, 1.807) is 18.2 Å². The maximum Gasteiger partial charge on any atom is 0.338 e. The van der Waals surface area contributed by atoms with E-state index in [9.17, 15) is 14.4 Å². The van der Waals surface area contributed by atoms with Crippen molar-refractivity contribution in [1.82, 2.24) is 0 Å². The normalized spacial score (nSPS) is 14.0. The Morgan fingerprint density at radius 2 is 2.26 bits per heavy atom. The predicted octanol–water partition coefficient (Wildman–Crippen LogP) is 1.64. The zero-order valence-corrected chi connectivity index (χ0v) is 13.0. The number of nitrogens with zero attached hydrogens (tertiary/aromatic N) is 1. The summed E-state index contributed by atoms with van der Waals surface area (Å²) in [5.41, 5.74) is 0.624. The van der Waals surface area contributed by atoms with E-state index in [0.717, 1.165) is 4.90 Å². The second-order valence-corrected chi connectivity index (χ2v) is 5.85. The van der Waals surface area contributed by atoms with Crippen molar-refractivity contribution in [2.24, 2.45) is 5.92 Å². The van der Waals surface area contributed by atoms with Crippen LogP contribution in [0.2, 0.25) is 0 Å². The van der Waals surface area contributed by atoms with Gasteiger partial charge in [0.15, 0.2) is 12.4 Å². The molecule has 0 radical (unpaired) electrons. The monoisotopic (exact) mass is 331 g/mol. The number of anilines is 1. The van der Waals surface area contributed by atoms with Crippen LogP contribution < -0.4 is 5.32 Å². The van der Waals surface area contributed by atoms with Gasteiger partial charge in [-0.25, -0.2) is 4.79 Å². The topological polar surface area (TPSA) is 120 Å². The molecule has 1 aliphatic heterocycles. The number of ketones is 1. The first-order valence-electron chi connectivity index (χ1n) is 6.63. The molecule has 1 aliphatic rings. The molecule has 0 fully saturated rings. The summed E-state index contributed by atoms with van der Waals surface area (Å²) in [7, 11) is 0. The summed E-state index contributed by atoms with van der Waals surface area (Å²) in [4.78, 5) is 35.9. The number of Topliss-reactive ketones (excluding diaryl/α,β-unsaturated/α-hetero) is 1. The van der Waals surface area contributed by atoms with Crippen LogP contribution in [0.4, 0.5) is 5.69 Å². The second kappa shape index (κ2) is 7.07. The quantitative estimate of drug-likeness (QED) is 0.625. The number of benzene rings is 1. The Kier molecular flexibility index (Phi) is 5.13. The van der Waals surface area contributed by atoms with E-state index in [0.29, 0.717) is 11.4 Å². The van der Waals surface area contributed by atoms with Crippen molar-refractivity contribution in [2.75, 3.05) is 17.7 Å². The van der Waals surface area contributed by atoms with Gasteiger partial charge < -0.3 is 15.5 Å². The summed E-state index contributed by atoms with van der Waals surface area (Å²) in [6.45, 7) is 0.767. The van der Waals surface area contributed by atoms with Gasteiger partial charge in [-0.1, -0.05) is 0 Å². The van der Waals surface area contributed by atoms with E-state index in [1.807, 2.05) is 0 Å². The molecule has 1 amide bonds. The van der Waals surface area contributed by atoms with Gasteiger partial charge in [0, 0.05) is 10.6 Å². The summed E-state index contributed by atoms with van der Waals surface area (Å²) in [6, 6.07) is 6.41. The summed E-state index contributed by atoms with van der Waals surface area (Å²) >= 11 is 1.37. The number of nitrogens with one attached hydrogen (secondary N) is 2. The van der Waals surface area contributed by atoms with Crippen LogP contribution in [0.1, 0.15) is 17.3 Å². The van der Waals surface area contributed by atoms with Crippen LogP contribution >= 0.6 is 11.8 Å². The third-order valence-corrected chi connectivity index (χ3v) is 4.15. The lowest BCUT2D eigenvalue weighted by Crippen LogP contribution is -2.25. The zero-order chi connectivity index (χ0) is 17.0. The molecule has 1 heterocycles. The Morgan fingerprint density at radius 3 is 2.91 bits per heavy atom.